The number of nitrogens with zero attached hydrogens (tertiary/aromatic N) is 2. The molecule has 1 heterocycles. The largest absolute Gasteiger partial charge is 0.308 e. The molecule has 0 aliphatic rings. The zero-order valence-electron chi connectivity index (χ0n) is 13.9. The van der Waals surface area contributed by atoms with E-state index < -0.39 is 0 Å². The first kappa shape index (κ1) is 16.1. The van der Waals surface area contributed by atoms with Crippen LogP contribution in [0.25, 0.3) is 11.0 Å². The molecular weight excluding hydrogens is 300 g/mol. The van der Waals surface area contributed by atoms with Crippen molar-refractivity contribution in [1.82, 2.24) is 9.55 Å². The fourth-order valence-corrected chi connectivity index (χ4v) is 3.02. The van der Waals surface area contributed by atoms with Crippen molar-refractivity contribution >= 4 is 16.8 Å². The zero-order valence-corrected chi connectivity index (χ0v) is 13.9. The van der Waals surface area contributed by atoms with Crippen LogP contribution in [0, 0.1) is 0 Å². The number of benzene rings is 2. The minimum absolute atomic E-state index is 0.105. The van der Waals surface area contributed by atoms with Crippen LogP contribution in [0.15, 0.2) is 59.4 Å². The van der Waals surface area contributed by atoms with Crippen molar-refractivity contribution in [3.8, 4) is 0 Å². The van der Waals surface area contributed by atoms with Crippen LogP contribution in [0.1, 0.15) is 36.9 Å². The fourth-order valence-electron chi connectivity index (χ4n) is 3.02. The molecule has 3 rings (SSSR count). The van der Waals surface area contributed by atoms with E-state index >= 15 is 0 Å². The summed E-state index contributed by atoms with van der Waals surface area (Å²) in [4.78, 5) is 29.0. The lowest BCUT2D eigenvalue weighted by atomic mass is 9.90. The molecule has 4 heteroatoms. The molecule has 1 unspecified atom stereocenters. The monoisotopic (exact) mass is 320 g/mol. The normalized spacial score (nSPS) is 12.2. The van der Waals surface area contributed by atoms with Crippen LogP contribution >= 0.6 is 0 Å². The minimum Gasteiger partial charge on any atom is -0.308 e. The van der Waals surface area contributed by atoms with Gasteiger partial charge >= 0.3 is 0 Å². The molecule has 0 aliphatic heterocycles. The summed E-state index contributed by atoms with van der Waals surface area (Å²) in [6, 6.07) is 17.4. The van der Waals surface area contributed by atoms with Crippen molar-refractivity contribution in [3.63, 3.8) is 0 Å². The fraction of sp³-hybridized carbons (Fsp3) is 0.250. The Balaban J connectivity index is 2.17. The zero-order chi connectivity index (χ0) is 17.1. The van der Waals surface area contributed by atoms with Crippen LogP contribution in [0.4, 0.5) is 0 Å². The first-order valence-electron chi connectivity index (χ1n) is 8.08. The van der Waals surface area contributed by atoms with Crippen LogP contribution in [0.3, 0.4) is 0 Å². The van der Waals surface area contributed by atoms with E-state index in [4.69, 9.17) is 0 Å². The number of carbonyl (C=O) groups is 1. The molecule has 0 N–H and O–H groups in total. The SMILES string of the molecule is CC(=O)CCC(c1ccccc1)c1nc2ccccc2n(C)c1=O. The van der Waals surface area contributed by atoms with E-state index in [1.54, 1.807) is 18.5 Å². The molecule has 0 bridgehead atoms. The molecule has 0 radical (unpaired) electrons. The van der Waals surface area contributed by atoms with E-state index in [-0.39, 0.29) is 17.3 Å². The van der Waals surface area contributed by atoms with Gasteiger partial charge in [0.15, 0.2) is 0 Å². The average Bonchev–Trinajstić information content (AvgIpc) is 2.60. The molecule has 0 aliphatic carbocycles. The van der Waals surface area contributed by atoms with Gasteiger partial charge in [0, 0.05) is 19.4 Å². The number of rotatable bonds is 5. The average molecular weight is 320 g/mol. The highest BCUT2D eigenvalue weighted by atomic mass is 16.1. The van der Waals surface area contributed by atoms with Gasteiger partial charge in [-0.3, -0.25) is 4.79 Å². The summed E-state index contributed by atoms with van der Waals surface area (Å²) >= 11 is 0. The maximum Gasteiger partial charge on any atom is 0.273 e. The summed E-state index contributed by atoms with van der Waals surface area (Å²) < 4.78 is 1.64. The Kier molecular flexibility index (Phi) is 4.56. The summed E-state index contributed by atoms with van der Waals surface area (Å²) in [6.07, 6.45) is 1.01. The summed E-state index contributed by atoms with van der Waals surface area (Å²) in [5.41, 5.74) is 3.01. The van der Waals surface area contributed by atoms with E-state index in [0.717, 1.165) is 16.6 Å². The Morgan fingerprint density at radius 1 is 1.08 bits per heavy atom. The second kappa shape index (κ2) is 6.79. The van der Waals surface area contributed by atoms with Crippen molar-refractivity contribution in [1.29, 1.82) is 0 Å². The first-order chi connectivity index (χ1) is 11.6. The highest BCUT2D eigenvalue weighted by molar-refractivity contribution is 5.76. The van der Waals surface area contributed by atoms with Gasteiger partial charge < -0.3 is 9.36 Å². The topological polar surface area (TPSA) is 52.0 Å². The second-order valence-electron chi connectivity index (χ2n) is 6.05. The third-order valence-corrected chi connectivity index (χ3v) is 4.32. The molecule has 3 aromatic rings. The van der Waals surface area contributed by atoms with Gasteiger partial charge in [-0.25, -0.2) is 4.98 Å². The molecule has 1 atom stereocenters. The predicted molar refractivity (Wildman–Crippen MR) is 95.2 cm³/mol. The number of aromatic nitrogens is 2. The van der Waals surface area contributed by atoms with Gasteiger partial charge in [-0.2, -0.15) is 0 Å². The molecule has 0 amide bonds. The highest BCUT2D eigenvalue weighted by Gasteiger charge is 2.21. The molecule has 0 spiro atoms. The lowest BCUT2D eigenvalue weighted by Gasteiger charge is -2.17. The molecular formula is C20H20N2O2. The van der Waals surface area contributed by atoms with Crippen molar-refractivity contribution in [3.05, 3.63) is 76.2 Å². The van der Waals surface area contributed by atoms with Gasteiger partial charge in [0.05, 0.1) is 11.0 Å². The second-order valence-corrected chi connectivity index (χ2v) is 6.05. The van der Waals surface area contributed by atoms with Crippen molar-refractivity contribution < 1.29 is 4.79 Å². The van der Waals surface area contributed by atoms with Gasteiger partial charge in [-0.1, -0.05) is 42.5 Å². The van der Waals surface area contributed by atoms with E-state index in [9.17, 15) is 9.59 Å². The van der Waals surface area contributed by atoms with Crippen LogP contribution in [0.2, 0.25) is 0 Å². The Morgan fingerprint density at radius 3 is 2.46 bits per heavy atom. The van der Waals surface area contributed by atoms with E-state index in [1.165, 1.54) is 0 Å². The number of Topliss-reactive ketones (excluding diaryl/α,β-unsaturated/α-hetero) is 1. The molecule has 0 saturated heterocycles. The van der Waals surface area contributed by atoms with Crippen molar-refractivity contribution in [2.24, 2.45) is 7.05 Å². The lowest BCUT2D eigenvalue weighted by Crippen LogP contribution is -2.26. The maximum atomic E-state index is 12.9. The first-order valence-corrected chi connectivity index (χ1v) is 8.08. The van der Waals surface area contributed by atoms with Gasteiger partial charge in [0.25, 0.3) is 5.56 Å². The number of carbonyl (C=O) groups excluding carboxylic acids is 1. The van der Waals surface area contributed by atoms with E-state index in [2.05, 4.69) is 4.98 Å². The number of fused-ring (bicyclic) bond motifs is 1. The highest BCUT2D eigenvalue weighted by Crippen LogP contribution is 2.27. The Bertz CT molecular complexity index is 929. The van der Waals surface area contributed by atoms with E-state index in [0.29, 0.717) is 18.5 Å². The molecule has 2 aromatic carbocycles. The number of hydrogen-bond donors (Lipinski definition) is 0. The van der Waals surface area contributed by atoms with Gasteiger partial charge in [0.2, 0.25) is 0 Å². The van der Waals surface area contributed by atoms with Crippen LogP contribution in [-0.2, 0) is 11.8 Å². The predicted octanol–water partition coefficient (Wildman–Crippen LogP) is 3.43. The summed E-state index contributed by atoms with van der Waals surface area (Å²) in [5, 5.41) is 0. The Morgan fingerprint density at radius 2 is 1.75 bits per heavy atom. The Hall–Kier alpha value is -2.75. The van der Waals surface area contributed by atoms with Crippen LogP contribution in [-0.4, -0.2) is 15.3 Å². The summed E-state index contributed by atoms with van der Waals surface area (Å²) in [7, 11) is 1.77. The molecule has 1 aromatic heterocycles. The van der Waals surface area contributed by atoms with E-state index in [1.807, 2.05) is 54.6 Å². The molecule has 0 saturated carbocycles. The third kappa shape index (κ3) is 3.13. The van der Waals surface area contributed by atoms with Gasteiger partial charge in [-0.05, 0) is 31.0 Å². The lowest BCUT2D eigenvalue weighted by molar-refractivity contribution is -0.117. The minimum atomic E-state index is -0.182. The standard InChI is InChI=1S/C20H20N2O2/c1-14(23)12-13-16(15-8-4-3-5-9-15)19-20(24)22(2)18-11-7-6-10-17(18)21-19/h3-11,16H,12-13H2,1-2H3. The van der Waals surface area contributed by atoms with Crippen molar-refractivity contribution in [2.75, 3.05) is 0 Å². The van der Waals surface area contributed by atoms with Crippen LogP contribution in [0.5, 0.6) is 0 Å². The molecule has 0 fully saturated rings. The number of hydrogen-bond acceptors (Lipinski definition) is 3. The van der Waals surface area contributed by atoms with Crippen molar-refractivity contribution in [2.45, 2.75) is 25.7 Å². The van der Waals surface area contributed by atoms with Gasteiger partial charge in [-0.15, -0.1) is 0 Å². The third-order valence-electron chi connectivity index (χ3n) is 4.32. The van der Waals surface area contributed by atoms with Crippen LogP contribution < -0.4 is 5.56 Å². The molecule has 24 heavy (non-hydrogen) atoms. The number of ketones is 1. The summed E-state index contributed by atoms with van der Waals surface area (Å²) in [6.45, 7) is 1.58. The quantitative estimate of drug-likeness (QED) is 0.723. The van der Waals surface area contributed by atoms with Gasteiger partial charge in [0.1, 0.15) is 11.5 Å². The smallest absolute Gasteiger partial charge is 0.273 e. The maximum absolute atomic E-state index is 12.9. The molecule has 122 valence electrons. The summed E-state index contributed by atoms with van der Waals surface area (Å²) in [5.74, 6) is -0.0630. The Labute approximate surface area is 140 Å². The number of para-hydroxylation sites is 2. The number of aryl methyl sites for hydroxylation is 1. The molecule has 4 nitrogen and oxygen atoms in total.